The zero-order valence-corrected chi connectivity index (χ0v) is 7.10. The van der Waals surface area contributed by atoms with Crippen LogP contribution in [0.5, 0.6) is 0 Å². The summed E-state index contributed by atoms with van der Waals surface area (Å²) in [6, 6.07) is 6.66. The summed E-state index contributed by atoms with van der Waals surface area (Å²) in [4.78, 5) is 26.0. The highest BCUT2D eigenvalue weighted by atomic mass is 16.2. The van der Waals surface area contributed by atoms with Gasteiger partial charge in [-0.2, -0.15) is 5.32 Å². The molecular formula is C9H6N3O2. The summed E-state index contributed by atoms with van der Waals surface area (Å²) in [5.74, 6) is -1.52. The molecule has 2 rings (SSSR count). The summed E-state index contributed by atoms with van der Waals surface area (Å²) in [6.07, 6.45) is 0. The van der Waals surface area contributed by atoms with E-state index in [1.807, 2.05) is 0 Å². The predicted molar refractivity (Wildman–Crippen MR) is 49.2 cm³/mol. The van der Waals surface area contributed by atoms with Crippen LogP contribution in [0.4, 0.5) is 5.69 Å². The lowest BCUT2D eigenvalue weighted by Crippen LogP contribution is -2.36. The highest BCUT2D eigenvalue weighted by Crippen LogP contribution is 2.21. The number of carbonyl (C=O) groups excluding carboxylic acids is 2. The molecule has 0 atom stereocenters. The minimum Gasteiger partial charge on any atom is -0.363 e. The van der Waals surface area contributed by atoms with Gasteiger partial charge in [-0.05, 0) is 12.1 Å². The maximum Gasteiger partial charge on any atom is 0.286 e. The zero-order chi connectivity index (χ0) is 10.1. The number of rotatable bonds is 1. The first-order valence-corrected chi connectivity index (χ1v) is 3.92. The summed E-state index contributed by atoms with van der Waals surface area (Å²) < 4.78 is 0. The molecule has 0 bridgehead atoms. The van der Waals surface area contributed by atoms with Crippen molar-refractivity contribution in [3.8, 4) is 0 Å². The third-order valence-corrected chi connectivity index (χ3v) is 1.79. The summed E-state index contributed by atoms with van der Waals surface area (Å²) >= 11 is 0. The Labute approximate surface area is 79.6 Å². The Bertz CT molecular complexity index is 451. The third-order valence-electron chi connectivity index (χ3n) is 1.79. The van der Waals surface area contributed by atoms with Crippen LogP contribution in [0.1, 0.15) is 10.4 Å². The highest BCUT2D eigenvalue weighted by Gasteiger charge is 2.23. The monoisotopic (exact) mass is 188 g/mol. The van der Waals surface area contributed by atoms with Gasteiger partial charge in [0, 0.05) is 0 Å². The summed E-state index contributed by atoms with van der Waals surface area (Å²) in [5, 5.41) is 3.46. The van der Waals surface area contributed by atoms with E-state index in [2.05, 4.69) is 10.3 Å². The Hall–Kier alpha value is -2.17. The molecule has 14 heavy (non-hydrogen) atoms. The average Bonchev–Trinajstić information content (AvgIpc) is 2.17. The Kier molecular flexibility index (Phi) is 1.78. The van der Waals surface area contributed by atoms with Gasteiger partial charge in [-0.1, -0.05) is 12.1 Å². The first kappa shape index (κ1) is 8.43. The van der Waals surface area contributed by atoms with E-state index in [-0.39, 0.29) is 5.84 Å². The number of nitrogens with zero attached hydrogens (tertiary/aromatic N) is 2. The summed E-state index contributed by atoms with van der Waals surface area (Å²) in [5.41, 5.74) is 5.79. The van der Waals surface area contributed by atoms with Crippen LogP contribution in [-0.2, 0) is 4.79 Å². The van der Waals surface area contributed by atoms with Crippen molar-refractivity contribution in [3.63, 3.8) is 0 Å². The van der Waals surface area contributed by atoms with Crippen LogP contribution in [0.25, 0.3) is 0 Å². The number of para-hydroxylation sites is 1. The van der Waals surface area contributed by atoms with Gasteiger partial charge in [0.15, 0.2) is 0 Å². The fourth-order valence-corrected chi connectivity index (χ4v) is 1.16. The van der Waals surface area contributed by atoms with Crippen LogP contribution >= 0.6 is 0 Å². The highest BCUT2D eigenvalue weighted by molar-refractivity contribution is 6.42. The van der Waals surface area contributed by atoms with Gasteiger partial charge in [0.05, 0.1) is 11.3 Å². The molecule has 1 radical (unpaired) electrons. The molecule has 0 saturated heterocycles. The standard InChI is InChI=1S/C9H6N3O2/c10-7(13)8-11-6-4-2-1-3-5(6)9(14)12-8/h1-4H,(H2,10,13). The first-order chi connectivity index (χ1) is 6.68. The minimum atomic E-state index is -0.798. The third kappa shape index (κ3) is 1.24. The SMILES string of the molecule is NC(=O)C1=Nc2ccccc2C(=O)[N]1. The lowest BCUT2D eigenvalue weighted by Gasteiger charge is -2.10. The molecule has 1 heterocycles. The molecule has 5 nitrogen and oxygen atoms in total. The normalized spacial score (nSPS) is 14.0. The Balaban J connectivity index is 2.56. The molecule has 5 heteroatoms. The average molecular weight is 188 g/mol. The molecule has 0 unspecified atom stereocenters. The molecule has 2 amide bonds. The van der Waals surface area contributed by atoms with E-state index in [1.54, 1.807) is 24.3 Å². The van der Waals surface area contributed by atoms with Crippen LogP contribution in [0.2, 0.25) is 0 Å². The number of hydrogen-bond acceptors (Lipinski definition) is 3. The van der Waals surface area contributed by atoms with Gasteiger partial charge in [-0.3, -0.25) is 9.59 Å². The van der Waals surface area contributed by atoms with Crippen molar-refractivity contribution in [1.29, 1.82) is 0 Å². The van der Waals surface area contributed by atoms with Gasteiger partial charge in [-0.25, -0.2) is 4.99 Å². The molecule has 1 aromatic rings. The molecular weight excluding hydrogens is 182 g/mol. The van der Waals surface area contributed by atoms with E-state index in [4.69, 9.17) is 5.73 Å². The molecule has 0 saturated carbocycles. The summed E-state index contributed by atoms with van der Waals surface area (Å²) in [7, 11) is 0. The maximum atomic E-state index is 11.3. The number of nitrogens with two attached hydrogens (primary N) is 1. The van der Waals surface area contributed by atoms with Crippen LogP contribution < -0.4 is 11.1 Å². The van der Waals surface area contributed by atoms with Crippen molar-refractivity contribution in [2.24, 2.45) is 10.7 Å². The number of amides is 2. The van der Waals surface area contributed by atoms with Crippen molar-refractivity contribution in [2.75, 3.05) is 0 Å². The van der Waals surface area contributed by atoms with Crippen LogP contribution in [-0.4, -0.2) is 17.6 Å². The van der Waals surface area contributed by atoms with Crippen molar-refractivity contribution in [2.45, 2.75) is 0 Å². The van der Waals surface area contributed by atoms with Gasteiger partial charge in [0.1, 0.15) is 0 Å². The number of primary amides is 1. The van der Waals surface area contributed by atoms with E-state index in [0.717, 1.165) is 0 Å². The number of fused-ring (bicyclic) bond motifs is 1. The summed E-state index contributed by atoms with van der Waals surface area (Å²) in [6.45, 7) is 0. The second kappa shape index (κ2) is 2.95. The van der Waals surface area contributed by atoms with Crippen LogP contribution in [0.3, 0.4) is 0 Å². The second-order valence-corrected chi connectivity index (χ2v) is 2.73. The largest absolute Gasteiger partial charge is 0.363 e. The molecule has 0 aromatic heterocycles. The number of carbonyl (C=O) groups is 2. The van der Waals surface area contributed by atoms with Crippen molar-refractivity contribution in [3.05, 3.63) is 29.8 Å². The van der Waals surface area contributed by atoms with Crippen LogP contribution in [0, 0.1) is 0 Å². The smallest absolute Gasteiger partial charge is 0.286 e. The van der Waals surface area contributed by atoms with Gasteiger partial charge in [0.25, 0.3) is 11.8 Å². The molecule has 0 aliphatic carbocycles. The molecule has 0 fully saturated rings. The van der Waals surface area contributed by atoms with Crippen molar-refractivity contribution < 1.29 is 9.59 Å². The maximum absolute atomic E-state index is 11.3. The van der Waals surface area contributed by atoms with Crippen molar-refractivity contribution >= 4 is 23.3 Å². The minimum absolute atomic E-state index is 0.242. The van der Waals surface area contributed by atoms with E-state index in [1.165, 1.54) is 0 Å². The van der Waals surface area contributed by atoms with Crippen LogP contribution in [0.15, 0.2) is 29.3 Å². The molecule has 1 aliphatic rings. The van der Waals surface area contributed by atoms with E-state index in [9.17, 15) is 9.59 Å². The van der Waals surface area contributed by atoms with Crippen molar-refractivity contribution in [1.82, 2.24) is 5.32 Å². The molecule has 1 aliphatic heterocycles. The number of benzene rings is 1. The van der Waals surface area contributed by atoms with E-state index in [0.29, 0.717) is 11.3 Å². The molecule has 0 spiro atoms. The zero-order valence-electron chi connectivity index (χ0n) is 7.10. The molecule has 69 valence electrons. The molecule has 2 N–H and O–H groups in total. The quantitative estimate of drug-likeness (QED) is 0.670. The van der Waals surface area contributed by atoms with E-state index >= 15 is 0 Å². The van der Waals surface area contributed by atoms with Gasteiger partial charge in [0.2, 0.25) is 5.84 Å². The lowest BCUT2D eigenvalue weighted by atomic mass is 10.1. The Morgan fingerprint density at radius 1 is 1.29 bits per heavy atom. The second-order valence-electron chi connectivity index (χ2n) is 2.73. The fraction of sp³-hybridized carbons (Fsp3) is 0. The fourth-order valence-electron chi connectivity index (χ4n) is 1.16. The van der Waals surface area contributed by atoms with E-state index < -0.39 is 11.8 Å². The Morgan fingerprint density at radius 3 is 2.71 bits per heavy atom. The van der Waals surface area contributed by atoms with Gasteiger partial charge in [-0.15, -0.1) is 0 Å². The topological polar surface area (TPSA) is 86.6 Å². The predicted octanol–water partition coefficient (Wildman–Crippen LogP) is -0.0399. The number of aliphatic imine (C=N–C) groups is 1. The molecule has 1 aromatic carbocycles. The van der Waals surface area contributed by atoms with Gasteiger partial charge >= 0.3 is 0 Å². The van der Waals surface area contributed by atoms with Gasteiger partial charge < -0.3 is 5.73 Å². The number of hydrogen-bond donors (Lipinski definition) is 1. The number of amidine groups is 1. The first-order valence-electron chi connectivity index (χ1n) is 3.92. The lowest BCUT2D eigenvalue weighted by molar-refractivity contribution is -0.112. The Morgan fingerprint density at radius 2 is 2.00 bits per heavy atom.